The first kappa shape index (κ1) is 16.9. The van der Waals surface area contributed by atoms with Crippen LogP contribution in [0.2, 0.25) is 0 Å². The van der Waals surface area contributed by atoms with Gasteiger partial charge in [-0.15, -0.1) is 0 Å². The van der Waals surface area contributed by atoms with Crippen molar-refractivity contribution < 1.29 is 9.53 Å². The molecule has 1 amide bonds. The molecule has 0 saturated heterocycles. The predicted octanol–water partition coefficient (Wildman–Crippen LogP) is 2.85. The van der Waals surface area contributed by atoms with Crippen LogP contribution in [0.5, 0.6) is 0 Å². The molecule has 0 radical (unpaired) electrons. The molecular weight excluding hydrogens is 322 g/mol. The maximum atomic E-state index is 11.6. The summed E-state index contributed by atoms with van der Waals surface area (Å²) in [6, 6.07) is 3.88. The molecule has 0 saturated carbocycles. The maximum Gasteiger partial charge on any atom is 0.407 e. The van der Waals surface area contributed by atoms with Crippen molar-refractivity contribution in [1.29, 1.82) is 0 Å². The molecule has 1 unspecified atom stereocenters. The van der Waals surface area contributed by atoms with Gasteiger partial charge in [-0.1, -0.05) is 0 Å². The van der Waals surface area contributed by atoms with E-state index in [9.17, 15) is 4.79 Å². The van der Waals surface area contributed by atoms with Crippen LogP contribution in [0.1, 0.15) is 33.4 Å². The number of nitrogens with one attached hydrogen (secondary N) is 2. The van der Waals surface area contributed by atoms with Crippen molar-refractivity contribution in [2.75, 3.05) is 6.54 Å². The van der Waals surface area contributed by atoms with E-state index >= 15 is 0 Å². The fourth-order valence-corrected chi connectivity index (χ4v) is 1.72. The lowest BCUT2D eigenvalue weighted by Crippen LogP contribution is -2.42. The number of amides is 1. The summed E-state index contributed by atoms with van der Waals surface area (Å²) < 4.78 is 6.15. The lowest BCUT2D eigenvalue weighted by atomic mass is 10.2. The van der Waals surface area contributed by atoms with Gasteiger partial charge < -0.3 is 15.4 Å². The van der Waals surface area contributed by atoms with E-state index in [2.05, 4.69) is 31.5 Å². The Labute approximate surface area is 128 Å². The summed E-state index contributed by atoms with van der Waals surface area (Å²) in [7, 11) is 0. The monoisotopic (exact) mass is 343 g/mol. The summed E-state index contributed by atoms with van der Waals surface area (Å²) in [6.45, 7) is 8.76. The van der Waals surface area contributed by atoms with E-state index in [1.54, 1.807) is 6.20 Å². The highest BCUT2D eigenvalue weighted by Crippen LogP contribution is 2.07. The van der Waals surface area contributed by atoms with Crippen molar-refractivity contribution in [2.45, 2.75) is 45.9 Å². The minimum atomic E-state index is -0.474. The molecule has 0 aliphatic heterocycles. The topological polar surface area (TPSA) is 63.2 Å². The number of nitrogens with zero attached hydrogens (tertiary/aromatic N) is 1. The van der Waals surface area contributed by atoms with Gasteiger partial charge >= 0.3 is 6.09 Å². The number of aromatic nitrogens is 1. The van der Waals surface area contributed by atoms with E-state index < -0.39 is 11.7 Å². The van der Waals surface area contributed by atoms with Crippen molar-refractivity contribution in [3.8, 4) is 0 Å². The minimum absolute atomic E-state index is 0.0136. The Bertz CT molecular complexity index is 429. The number of pyridine rings is 1. The van der Waals surface area contributed by atoms with Crippen molar-refractivity contribution in [3.05, 3.63) is 28.5 Å². The van der Waals surface area contributed by atoms with Crippen LogP contribution in [0.25, 0.3) is 0 Å². The Kier molecular flexibility index (Phi) is 6.42. The molecule has 0 aliphatic rings. The van der Waals surface area contributed by atoms with E-state index in [1.807, 2.05) is 39.8 Å². The normalized spacial score (nSPS) is 12.8. The highest BCUT2D eigenvalue weighted by molar-refractivity contribution is 9.10. The first-order chi connectivity index (χ1) is 9.26. The van der Waals surface area contributed by atoms with E-state index in [4.69, 9.17) is 4.74 Å². The number of ether oxygens (including phenoxy) is 1. The first-order valence-corrected chi connectivity index (χ1v) is 7.36. The van der Waals surface area contributed by atoms with Gasteiger partial charge in [0.1, 0.15) is 5.60 Å². The molecule has 0 bridgehead atoms. The molecule has 0 spiro atoms. The zero-order chi connectivity index (χ0) is 15.2. The van der Waals surface area contributed by atoms with E-state index in [0.717, 1.165) is 10.2 Å². The van der Waals surface area contributed by atoms with Crippen molar-refractivity contribution in [3.63, 3.8) is 0 Å². The molecule has 0 aliphatic carbocycles. The number of hydrogen-bond donors (Lipinski definition) is 2. The highest BCUT2D eigenvalue weighted by Gasteiger charge is 2.17. The molecular formula is C14H22BrN3O2. The second kappa shape index (κ2) is 7.59. The van der Waals surface area contributed by atoms with Crippen LogP contribution in [-0.4, -0.2) is 29.3 Å². The van der Waals surface area contributed by atoms with Crippen LogP contribution in [0.15, 0.2) is 22.8 Å². The smallest absolute Gasteiger partial charge is 0.407 e. The summed E-state index contributed by atoms with van der Waals surface area (Å²) >= 11 is 3.34. The molecule has 1 aromatic heterocycles. The van der Waals surface area contributed by atoms with Crippen molar-refractivity contribution in [1.82, 2.24) is 15.6 Å². The molecule has 1 rings (SSSR count). The van der Waals surface area contributed by atoms with Gasteiger partial charge in [0.25, 0.3) is 0 Å². The lowest BCUT2D eigenvalue weighted by molar-refractivity contribution is 0.0508. The molecule has 6 heteroatoms. The largest absolute Gasteiger partial charge is 0.444 e. The molecule has 20 heavy (non-hydrogen) atoms. The average molecular weight is 344 g/mol. The highest BCUT2D eigenvalue weighted by atomic mass is 79.9. The quantitative estimate of drug-likeness (QED) is 0.862. The Balaban J connectivity index is 2.24. The second-order valence-electron chi connectivity index (χ2n) is 5.65. The van der Waals surface area contributed by atoms with Crippen LogP contribution < -0.4 is 10.6 Å². The van der Waals surface area contributed by atoms with Gasteiger partial charge in [-0.05, 0) is 55.8 Å². The predicted molar refractivity (Wildman–Crippen MR) is 82.5 cm³/mol. The number of carbonyl (C=O) groups is 1. The molecule has 0 aromatic carbocycles. The molecule has 1 atom stereocenters. The van der Waals surface area contributed by atoms with E-state index in [0.29, 0.717) is 13.1 Å². The number of alkyl carbamates (subject to hydrolysis) is 1. The minimum Gasteiger partial charge on any atom is -0.444 e. The van der Waals surface area contributed by atoms with Gasteiger partial charge in [-0.25, -0.2) is 4.79 Å². The number of carbonyl (C=O) groups excluding carboxylic acids is 1. The van der Waals surface area contributed by atoms with Gasteiger partial charge in [0.15, 0.2) is 0 Å². The maximum absolute atomic E-state index is 11.6. The second-order valence-corrected chi connectivity index (χ2v) is 6.56. The van der Waals surface area contributed by atoms with Gasteiger partial charge in [-0.3, -0.25) is 4.98 Å². The Hall–Kier alpha value is -1.14. The van der Waals surface area contributed by atoms with Crippen LogP contribution in [0.4, 0.5) is 4.79 Å². The zero-order valence-electron chi connectivity index (χ0n) is 12.4. The third-order valence-corrected chi connectivity index (χ3v) is 2.78. The SMILES string of the molecule is CC(CNCc1ccc(Br)cn1)NC(=O)OC(C)(C)C. The van der Waals surface area contributed by atoms with Crippen LogP contribution in [-0.2, 0) is 11.3 Å². The summed E-state index contributed by atoms with van der Waals surface area (Å²) in [5, 5.41) is 6.02. The molecule has 1 aromatic rings. The summed E-state index contributed by atoms with van der Waals surface area (Å²) in [5.41, 5.74) is 0.483. The fraction of sp³-hybridized carbons (Fsp3) is 0.571. The first-order valence-electron chi connectivity index (χ1n) is 6.57. The third-order valence-electron chi connectivity index (χ3n) is 2.31. The van der Waals surface area contributed by atoms with Gasteiger partial charge in [0, 0.05) is 29.8 Å². The molecule has 5 nitrogen and oxygen atoms in total. The van der Waals surface area contributed by atoms with Crippen LogP contribution in [0.3, 0.4) is 0 Å². The Morgan fingerprint density at radius 2 is 2.15 bits per heavy atom. The van der Waals surface area contributed by atoms with Gasteiger partial charge in [-0.2, -0.15) is 0 Å². The molecule has 2 N–H and O–H groups in total. The van der Waals surface area contributed by atoms with Crippen molar-refractivity contribution >= 4 is 22.0 Å². The summed E-state index contributed by atoms with van der Waals surface area (Å²) in [4.78, 5) is 15.8. The number of hydrogen-bond acceptors (Lipinski definition) is 4. The number of halogens is 1. The fourth-order valence-electron chi connectivity index (χ4n) is 1.49. The molecule has 0 fully saturated rings. The van der Waals surface area contributed by atoms with Gasteiger partial charge in [0.2, 0.25) is 0 Å². The zero-order valence-corrected chi connectivity index (χ0v) is 14.0. The molecule has 112 valence electrons. The average Bonchev–Trinajstić information content (AvgIpc) is 2.29. The van der Waals surface area contributed by atoms with Crippen LogP contribution >= 0.6 is 15.9 Å². The Morgan fingerprint density at radius 1 is 1.45 bits per heavy atom. The summed E-state index contributed by atoms with van der Waals surface area (Å²) in [6.07, 6.45) is 1.37. The third kappa shape index (κ3) is 7.45. The lowest BCUT2D eigenvalue weighted by Gasteiger charge is -2.22. The number of rotatable bonds is 5. The van der Waals surface area contributed by atoms with Crippen LogP contribution in [0, 0.1) is 0 Å². The Morgan fingerprint density at radius 3 is 2.70 bits per heavy atom. The van der Waals surface area contributed by atoms with Crippen molar-refractivity contribution in [2.24, 2.45) is 0 Å². The molecule has 1 heterocycles. The summed E-state index contributed by atoms with van der Waals surface area (Å²) in [5.74, 6) is 0. The van der Waals surface area contributed by atoms with Gasteiger partial charge in [0.05, 0.1) is 5.69 Å². The van der Waals surface area contributed by atoms with E-state index in [1.165, 1.54) is 0 Å². The standard InChI is InChI=1S/C14H22BrN3O2/c1-10(18-13(19)20-14(2,3)4)7-16-9-12-6-5-11(15)8-17-12/h5-6,8,10,16H,7,9H2,1-4H3,(H,18,19). The van der Waals surface area contributed by atoms with E-state index in [-0.39, 0.29) is 6.04 Å².